The van der Waals surface area contributed by atoms with Crippen LogP contribution in [0.4, 0.5) is 17.3 Å². The summed E-state index contributed by atoms with van der Waals surface area (Å²) in [6.45, 7) is 0. The second-order valence-electron chi connectivity index (χ2n) is 5.43. The highest BCUT2D eigenvalue weighted by molar-refractivity contribution is 7.13. The molecular formula is C19H15N5OS. The summed E-state index contributed by atoms with van der Waals surface area (Å²) in [6, 6.07) is 16.7. The smallest absolute Gasteiger partial charge is 0.227 e. The summed E-state index contributed by atoms with van der Waals surface area (Å²) in [5.74, 6) is 1.87. The van der Waals surface area contributed by atoms with Crippen LogP contribution in [0.5, 0.6) is 11.5 Å². The Balaban J connectivity index is 1.53. The number of ether oxygens (including phenoxy) is 1. The van der Waals surface area contributed by atoms with E-state index in [-0.39, 0.29) is 0 Å². The molecule has 0 aliphatic carbocycles. The molecule has 0 amide bonds. The number of hydrogen-bond acceptors (Lipinski definition) is 7. The third-order valence-electron chi connectivity index (χ3n) is 3.49. The highest BCUT2D eigenvalue weighted by atomic mass is 32.1. The molecule has 0 atom stereocenters. The minimum Gasteiger partial charge on any atom is -0.457 e. The molecule has 2 aromatic heterocycles. The van der Waals surface area contributed by atoms with Crippen molar-refractivity contribution >= 4 is 28.7 Å². The van der Waals surface area contributed by atoms with Gasteiger partial charge in [0, 0.05) is 41.3 Å². The van der Waals surface area contributed by atoms with Gasteiger partial charge in [-0.1, -0.05) is 12.1 Å². The Morgan fingerprint density at radius 3 is 2.58 bits per heavy atom. The van der Waals surface area contributed by atoms with E-state index in [1.54, 1.807) is 18.5 Å². The van der Waals surface area contributed by atoms with Gasteiger partial charge in [0.05, 0.1) is 0 Å². The number of nitrogens with zero attached hydrogens (tertiary/aromatic N) is 3. The molecule has 26 heavy (non-hydrogen) atoms. The van der Waals surface area contributed by atoms with Gasteiger partial charge in [-0.15, -0.1) is 11.3 Å². The number of aromatic nitrogens is 3. The fourth-order valence-electron chi connectivity index (χ4n) is 2.37. The van der Waals surface area contributed by atoms with E-state index in [9.17, 15) is 0 Å². The lowest BCUT2D eigenvalue weighted by molar-refractivity contribution is 0.483. The van der Waals surface area contributed by atoms with E-state index in [0.717, 1.165) is 16.4 Å². The molecule has 0 saturated carbocycles. The molecule has 0 aliphatic heterocycles. The maximum atomic E-state index is 5.85. The Morgan fingerprint density at radius 2 is 1.77 bits per heavy atom. The molecule has 0 unspecified atom stereocenters. The second kappa shape index (κ2) is 7.20. The molecule has 4 aromatic rings. The van der Waals surface area contributed by atoms with Crippen molar-refractivity contribution in [1.82, 2.24) is 15.0 Å². The maximum Gasteiger partial charge on any atom is 0.227 e. The second-order valence-corrected chi connectivity index (χ2v) is 6.32. The van der Waals surface area contributed by atoms with Crippen molar-refractivity contribution in [2.45, 2.75) is 0 Å². The largest absolute Gasteiger partial charge is 0.457 e. The maximum absolute atomic E-state index is 5.85. The minimum absolute atomic E-state index is 0.499. The van der Waals surface area contributed by atoms with Crippen molar-refractivity contribution in [3.05, 3.63) is 72.4 Å². The molecule has 0 spiro atoms. The van der Waals surface area contributed by atoms with Crippen LogP contribution >= 0.6 is 11.3 Å². The monoisotopic (exact) mass is 361 g/mol. The van der Waals surface area contributed by atoms with Crippen molar-refractivity contribution in [2.24, 2.45) is 0 Å². The Hall–Kier alpha value is -3.45. The summed E-state index contributed by atoms with van der Waals surface area (Å²) in [7, 11) is 0. The van der Waals surface area contributed by atoms with Crippen molar-refractivity contribution in [1.29, 1.82) is 0 Å². The van der Waals surface area contributed by atoms with Crippen molar-refractivity contribution in [3.8, 4) is 22.2 Å². The number of thiazole rings is 1. The van der Waals surface area contributed by atoms with Gasteiger partial charge in [-0.05, 0) is 30.3 Å². The van der Waals surface area contributed by atoms with Gasteiger partial charge in [-0.25, -0.2) is 15.0 Å². The lowest BCUT2D eigenvalue weighted by Gasteiger charge is -2.09. The van der Waals surface area contributed by atoms with E-state index in [4.69, 9.17) is 10.5 Å². The van der Waals surface area contributed by atoms with Crippen LogP contribution in [-0.2, 0) is 0 Å². The van der Waals surface area contributed by atoms with Crippen LogP contribution in [0.25, 0.3) is 10.7 Å². The summed E-state index contributed by atoms with van der Waals surface area (Å²) in [6.07, 6.45) is 3.46. The number of nitrogens with one attached hydrogen (secondary N) is 1. The summed E-state index contributed by atoms with van der Waals surface area (Å²) in [4.78, 5) is 13.0. The Bertz CT molecular complexity index is 1020. The zero-order valence-corrected chi connectivity index (χ0v) is 14.5. The fraction of sp³-hybridized carbons (Fsp3) is 0. The molecule has 7 heteroatoms. The van der Waals surface area contributed by atoms with Gasteiger partial charge in [-0.3, -0.25) is 0 Å². The molecule has 2 aromatic carbocycles. The number of nitrogens with two attached hydrogens (primary N) is 1. The highest BCUT2D eigenvalue weighted by Crippen LogP contribution is 2.27. The third kappa shape index (κ3) is 3.79. The zero-order valence-electron chi connectivity index (χ0n) is 13.7. The summed E-state index contributed by atoms with van der Waals surface area (Å²) in [5.41, 5.74) is 8.05. The fourth-order valence-corrected chi connectivity index (χ4v) is 2.98. The number of anilines is 3. The molecular weight excluding hydrogens is 346 g/mol. The van der Waals surface area contributed by atoms with Crippen LogP contribution in [0.15, 0.2) is 72.4 Å². The topological polar surface area (TPSA) is 86.0 Å². The third-order valence-corrected chi connectivity index (χ3v) is 4.29. The van der Waals surface area contributed by atoms with Crippen LogP contribution in [0, 0.1) is 0 Å². The van der Waals surface area contributed by atoms with Gasteiger partial charge in [0.15, 0.2) is 0 Å². The van der Waals surface area contributed by atoms with Gasteiger partial charge in [-0.2, -0.15) is 0 Å². The van der Waals surface area contributed by atoms with E-state index < -0.39 is 0 Å². The van der Waals surface area contributed by atoms with Crippen molar-refractivity contribution < 1.29 is 4.74 Å². The first kappa shape index (κ1) is 16.0. The van der Waals surface area contributed by atoms with Crippen LogP contribution in [0.3, 0.4) is 0 Å². The molecule has 0 bridgehead atoms. The first-order valence-electron chi connectivity index (χ1n) is 7.90. The van der Waals surface area contributed by atoms with Crippen LogP contribution in [0.2, 0.25) is 0 Å². The van der Waals surface area contributed by atoms with Crippen LogP contribution in [0.1, 0.15) is 0 Å². The molecule has 0 fully saturated rings. The standard InChI is InChI=1S/C19H15N5OS/c20-13-3-1-5-15(11-13)25-16-6-2-4-14(12-16)23-19-22-8-7-17(24-19)18-21-9-10-26-18/h1-12H,20H2,(H,22,23,24). The Labute approximate surface area is 154 Å². The predicted octanol–water partition coefficient (Wildman–Crippen LogP) is 4.72. The number of hydrogen-bond donors (Lipinski definition) is 2. The SMILES string of the molecule is Nc1cccc(Oc2cccc(Nc3nccc(-c4nccs4)n3)c2)c1. The summed E-state index contributed by atoms with van der Waals surface area (Å²) >= 11 is 1.54. The van der Waals surface area contributed by atoms with E-state index in [1.165, 1.54) is 11.3 Å². The van der Waals surface area contributed by atoms with Crippen molar-refractivity contribution in [2.75, 3.05) is 11.1 Å². The predicted molar refractivity (Wildman–Crippen MR) is 104 cm³/mol. The van der Waals surface area contributed by atoms with Gasteiger partial charge < -0.3 is 15.8 Å². The molecule has 2 heterocycles. The highest BCUT2D eigenvalue weighted by Gasteiger charge is 2.06. The number of nitrogen functional groups attached to an aromatic ring is 1. The molecule has 0 saturated heterocycles. The molecule has 128 valence electrons. The number of rotatable bonds is 5. The average molecular weight is 361 g/mol. The molecule has 0 aliphatic rings. The van der Waals surface area contributed by atoms with Crippen LogP contribution < -0.4 is 15.8 Å². The summed E-state index contributed by atoms with van der Waals surface area (Å²) in [5, 5.41) is 5.97. The Kier molecular flexibility index (Phi) is 4.44. The Morgan fingerprint density at radius 1 is 0.923 bits per heavy atom. The van der Waals surface area contributed by atoms with Gasteiger partial charge in [0.25, 0.3) is 0 Å². The van der Waals surface area contributed by atoms with Crippen LogP contribution in [-0.4, -0.2) is 15.0 Å². The van der Waals surface area contributed by atoms with E-state index >= 15 is 0 Å². The minimum atomic E-state index is 0.499. The molecule has 0 radical (unpaired) electrons. The van der Waals surface area contributed by atoms with E-state index in [2.05, 4.69) is 20.3 Å². The normalized spacial score (nSPS) is 10.5. The lowest BCUT2D eigenvalue weighted by atomic mass is 10.3. The van der Waals surface area contributed by atoms with Gasteiger partial charge >= 0.3 is 0 Å². The van der Waals surface area contributed by atoms with Crippen molar-refractivity contribution in [3.63, 3.8) is 0 Å². The van der Waals surface area contributed by atoms with E-state index in [1.807, 2.05) is 53.9 Å². The molecule has 4 rings (SSSR count). The average Bonchev–Trinajstić information content (AvgIpc) is 3.17. The molecule has 6 nitrogen and oxygen atoms in total. The van der Waals surface area contributed by atoms with E-state index in [0.29, 0.717) is 23.1 Å². The quantitative estimate of drug-likeness (QED) is 0.500. The van der Waals surface area contributed by atoms with Gasteiger partial charge in [0.2, 0.25) is 5.95 Å². The number of benzene rings is 2. The molecule has 3 N–H and O–H groups in total. The first-order valence-corrected chi connectivity index (χ1v) is 8.78. The zero-order chi connectivity index (χ0) is 17.8. The summed E-state index contributed by atoms with van der Waals surface area (Å²) < 4.78 is 5.85. The lowest BCUT2D eigenvalue weighted by Crippen LogP contribution is -1.98. The van der Waals surface area contributed by atoms with Gasteiger partial charge in [0.1, 0.15) is 22.2 Å². The first-order chi connectivity index (χ1) is 12.8.